The molecule has 0 bridgehead atoms. The lowest BCUT2D eigenvalue weighted by atomic mass is 10.3. The zero-order valence-electron chi connectivity index (χ0n) is 7.06. The summed E-state index contributed by atoms with van der Waals surface area (Å²) in [7, 11) is 3.58. The molecule has 0 fully saturated rings. The molecule has 0 amide bonds. The summed E-state index contributed by atoms with van der Waals surface area (Å²) in [4.78, 5) is 5.64. The maximum Gasteiger partial charge on any atom is 0.265 e. The quantitative estimate of drug-likeness (QED) is 0.616. The molecule has 0 spiro atoms. The molecule has 68 valence electrons. The van der Waals surface area contributed by atoms with E-state index in [4.69, 9.17) is 15.4 Å². The van der Waals surface area contributed by atoms with Crippen molar-refractivity contribution in [3.63, 3.8) is 0 Å². The number of hydrogen-bond donors (Lipinski definition) is 2. The van der Waals surface area contributed by atoms with E-state index in [0.717, 1.165) is 0 Å². The number of rotatable bonds is 3. The first-order chi connectivity index (χ1) is 5.65. The summed E-state index contributed by atoms with van der Waals surface area (Å²) in [6.07, 6.45) is 0. The van der Waals surface area contributed by atoms with E-state index >= 15 is 0 Å². The molecular formula is C6H12N4O2. The highest BCUT2D eigenvalue weighted by molar-refractivity contribution is 5.23. The summed E-state index contributed by atoms with van der Waals surface area (Å²) in [5.41, 5.74) is 5.44. The van der Waals surface area contributed by atoms with Crippen LogP contribution < -0.4 is 10.6 Å². The second-order valence-corrected chi connectivity index (χ2v) is 2.62. The smallest absolute Gasteiger partial charge is 0.265 e. The summed E-state index contributed by atoms with van der Waals surface area (Å²) in [6, 6.07) is -0.591. The van der Waals surface area contributed by atoms with Crippen molar-refractivity contribution in [3.05, 3.63) is 5.89 Å². The van der Waals surface area contributed by atoms with Crippen LogP contribution in [0.1, 0.15) is 11.9 Å². The fraction of sp³-hybridized carbons (Fsp3) is 0.667. The van der Waals surface area contributed by atoms with Crippen molar-refractivity contribution in [1.29, 1.82) is 0 Å². The third kappa shape index (κ3) is 1.72. The van der Waals surface area contributed by atoms with Gasteiger partial charge < -0.3 is 20.3 Å². The molecule has 1 atom stereocenters. The number of hydrogen-bond acceptors (Lipinski definition) is 6. The number of anilines is 1. The molecule has 0 saturated heterocycles. The summed E-state index contributed by atoms with van der Waals surface area (Å²) < 4.78 is 4.79. The van der Waals surface area contributed by atoms with Crippen molar-refractivity contribution in [2.75, 3.05) is 25.6 Å². The van der Waals surface area contributed by atoms with Gasteiger partial charge in [-0.3, -0.25) is 0 Å². The molecule has 1 rings (SSSR count). The van der Waals surface area contributed by atoms with Gasteiger partial charge in [-0.2, -0.15) is 4.98 Å². The standard InChI is InChI=1S/C6H12N4O2/c1-10(2)6-8-5(12-9-6)4(7)3-11/h4,11H,3,7H2,1-2H3/t4-/m1/s1. The van der Waals surface area contributed by atoms with Crippen molar-refractivity contribution < 1.29 is 9.63 Å². The maximum atomic E-state index is 8.67. The number of nitrogens with zero attached hydrogens (tertiary/aromatic N) is 3. The molecule has 1 aromatic heterocycles. The van der Waals surface area contributed by atoms with Crippen LogP contribution in [-0.4, -0.2) is 35.9 Å². The van der Waals surface area contributed by atoms with E-state index in [1.54, 1.807) is 19.0 Å². The van der Waals surface area contributed by atoms with Crippen LogP contribution in [0.5, 0.6) is 0 Å². The molecule has 0 radical (unpaired) electrons. The zero-order chi connectivity index (χ0) is 9.14. The van der Waals surface area contributed by atoms with Crippen LogP contribution >= 0.6 is 0 Å². The van der Waals surface area contributed by atoms with Crippen LogP contribution in [0.3, 0.4) is 0 Å². The minimum absolute atomic E-state index is 0.199. The van der Waals surface area contributed by atoms with Crippen molar-refractivity contribution >= 4 is 5.95 Å². The van der Waals surface area contributed by atoms with Gasteiger partial charge in [0.15, 0.2) is 0 Å². The Morgan fingerprint density at radius 1 is 1.67 bits per heavy atom. The van der Waals surface area contributed by atoms with E-state index in [1.807, 2.05) is 0 Å². The van der Waals surface area contributed by atoms with E-state index < -0.39 is 6.04 Å². The Morgan fingerprint density at radius 2 is 2.33 bits per heavy atom. The molecule has 0 aliphatic carbocycles. The van der Waals surface area contributed by atoms with E-state index in [-0.39, 0.29) is 12.5 Å². The number of nitrogens with two attached hydrogens (primary N) is 1. The summed E-state index contributed by atoms with van der Waals surface area (Å²) in [5, 5.41) is 12.3. The minimum Gasteiger partial charge on any atom is -0.394 e. The fourth-order valence-electron chi connectivity index (χ4n) is 0.637. The molecule has 6 heteroatoms. The van der Waals surface area contributed by atoms with E-state index in [2.05, 4.69) is 10.1 Å². The molecule has 0 aliphatic rings. The maximum absolute atomic E-state index is 8.67. The first-order valence-corrected chi connectivity index (χ1v) is 3.52. The largest absolute Gasteiger partial charge is 0.394 e. The Morgan fingerprint density at radius 3 is 2.75 bits per heavy atom. The lowest BCUT2D eigenvalue weighted by Crippen LogP contribution is -2.15. The molecule has 1 heterocycles. The normalized spacial score (nSPS) is 13.0. The molecule has 0 aromatic carbocycles. The van der Waals surface area contributed by atoms with Gasteiger partial charge in [-0.15, -0.1) is 0 Å². The Balaban J connectivity index is 2.77. The van der Waals surface area contributed by atoms with E-state index in [1.165, 1.54) is 0 Å². The topological polar surface area (TPSA) is 88.4 Å². The third-order valence-electron chi connectivity index (χ3n) is 1.34. The van der Waals surface area contributed by atoms with Gasteiger partial charge in [-0.1, -0.05) is 0 Å². The van der Waals surface area contributed by atoms with E-state index in [0.29, 0.717) is 5.95 Å². The molecular weight excluding hydrogens is 160 g/mol. The first-order valence-electron chi connectivity index (χ1n) is 3.52. The molecule has 3 N–H and O–H groups in total. The van der Waals surface area contributed by atoms with Gasteiger partial charge in [0, 0.05) is 14.1 Å². The monoisotopic (exact) mass is 172 g/mol. The number of aliphatic hydroxyl groups excluding tert-OH is 1. The first kappa shape index (κ1) is 8.95. The van der Waals surface area contributed by atoms with Crippen LogP contribution in [0.25, 0.3) is 0 Å². The molecule has 6 nitrogen and oxygen atoms in total. The van der Waals surface area contributed by atoms with Crippen LogP contribution in [-0.2, 0) is 0 Å². The molecule has 0 unspecified atom stereocenters. The number of aromatic nitrogens is 2. The van der Waals surface area contributed by atoms with Gasteiger partial charge in [-0.05, 0) is 5.16 Å². The SMILES string of the molecule is CN(C)c1noc([C@H](N)CO)n1. The van der Waals surface area contributed by atoms with Gasteiger partial charge in [0.25, 0.3) is 5.95 Å². The van der Waals surface area contributed by atoms with Gasteiger partial charge in [-0.25, -0.2) is 0 Å². The minimum atomic E-state index is -0.591. The molecule has 1 aromatic rings. The van der Waals surface area contributed by atoms with Crippen molar-refractivity contribution in [2.45, 2.75) is 6.04 Å². The van der Waals surface area contributed by atoms with Gasteiger partial charge in [0.05, 0.1) is 6.61 Å². The predicted molar refractivity (Wildman–Crippen MR) is 42.6 cm³/mol. The van der Waals surface area contributed by atoms with Gasteiger partial charge in [0.2, 0.25) is 5.89 Å². The Labute approximate surface area is 70.0 Å². The zero-order valence-corrected chi connectivity index (χ0v) is 7.06. The summed E-state index contributed by atoms with van der Waals surface area (Å²) in [6.45, 7) is -0.199. The Kier molecular flexibility index (Phi) is 2.61. The highest BCUT2D eigenvalue weighted by Crippen LogP contribution is 2.10. The van der Waals surface area contributed by atoms with Crippen molar-refractivity contribution in [3.8, 4) is 0 Å². The molecule has 0 aliphatic heterocycles. The van der Waals surface area contributed by atoms with Crippen molar-refractivity contribution in [2.24, 2.45) is 5.73 Å². The van der Waals surface area contributed by atoms with Crippen LogP contribution in [0.15, 0.2) is 4.52 Å². The predicted octanol–water partition coefficient (Wildman–Crippen LogP) is -0.872. The van der Waals surface area contributed by atoms with Gasteiger partial charge in [0.1, 0.15) is 6.04 Å². The summed E-state index contributed by atoms with van der Waals surface area (Å²) >= 11 is 0. The lowest BCUT2D eigenvalue weighted by Gasteiger charge is -2.03. The highest BCUT2D eigenvalue weighted by atomic mass is 16.5. The number of aliphatic hydroxyl groups is 1. The second-order valence-electron chi connectivity index (χ2n) is 2.62. The van der Waals surface area contributed by atoms with Crippen molar-refractivity contribution in [1.82, 2.24) is 10.1 Å². The van der Waals surface area contributed by atoms with Crippen LogP contribution in [0.4, 0.5) is 5.95 Å². The Bertz CT molecular complexity index is 247. The second kappa shape index (κ2) is 3.51. The Hall–Kier alpha value is -1.14. The molecule has 0 saturated carbocycles. The summed E-state index contributed by atoms with van der Waals surface area (Å²) in [5.74, 6) is 0.704. The average Bonchev–Trinajstić information content (AvgIpc) is 2.51. The lowest BCUT2D eigenvalue weighted by molar-refractivity contribution is 0.237. The van der Waals surface area contributed by atoms with Crippen LogP contribution in [0, 0.1) is 0 Å². The van der Waals surface area contributed by atoms with Crippen LogP contribution in [0.2, 0.25) is 0 Å². The highest BCUT2D eigenvalue weighted by Gasteiger charge is 2.13. The molecule has 12 heavy (non-hydrogen) atoms. The third-order valence-corrected chi connectivity index (χ3v) is 1.34. The van der Waals surface area contributed by atoms with E-state index in [9.17, 15) is 0 Å². The fourth-order valence-corrected chi connectivity index (χ4v) is 0.637. The van der Waals surface area contributed by atoms with Gasteiger partial charge >= 0.3 is 0 Å². The average molecular weight is 172 g/mol.